The van der Waals surface area contributed by atoms with E-state index in [-0.39, 0.29) is 78.9 Å². The molecular formula is C26H32F4N6O3. The van der Waals surface area contributed by atoms with E-state index in [9.17, 15) is 27.2 Å². The van der Waals surface area contributed by atoms with Crippen molar-refractivity contribution in [3.8, 4) is 17.1 Å². The Morgan fingerprint density at radius 3 is 2.51 bits per heavy atom. The number of hydrogen-bond donors (Lipinski definition) is 2. The van der Waals surface area contributed by atoms with Gasteiger partial charge in [-0.15, -0.1) is 0 Å². The number of alkyl halides is 3. The van der Waals surface area contributed by atoms with Crippen molar-refractivity contribution >= 4 is 11.8 Å². The Hall–Kier alpha value is -3.22. The Labute approximate surface area is 223 Å². The summed E-state index contributed by atoms with van der Waals surface area (Å²) in [5.74, 6) is -1.11. The smallest absolute Gasteiger partial charge is 0.404 e. The summed E-state index contributed by atoms with van der Waals surface area (Å²) < 4.78 is 59.4. The lowest BCUT2D eigenvalue weighted by Gasteiger charge is -2.41. The van der Waals surface area contributed by atoms with Crippen molar-refractivity contribution in [2.24, 2.45) is 5.92 Å². The quantitative estimate of drug-likeness (QED) is 0.532. The van der Waals surface area contributed by atoms with Crippen LogP contribution in [0.5, 0.6) is 5.88 Å². The van der Waals surface area contributed by atoms with Gasteiger partial charge in [0.05, 0.1) is 19.0 Å². The van der Waals surface area contributed by atoms with Crippen molar-refractivity contribution in [3.05, 3.63) is 29.8 Å². The molecular weight excluding hydrogens is 520 g/mol. The summed E-state index contributed by atoms with van der Waals surface area (Å²) in [7, 11) is 1.42. The van der Waals surface area contributed by atoms with Gasteiger partial charge in [0, 0.05) is 42.2 Å². The van der Waals surface area contributed by atoms with Crippen LogP contribution in [0.2, 0.25) is 0 Å². The van der Waals surface area contributed by atoms with Gasteiger partial charge in [-0.3, -0.25) is 19.6 Å². The van der Waals surface area contributed by atoms with E-state index < -0.39 is 18.0 Å². The number of nitrogens with one attached hydrogen (secondary N) is 2. The van der Waals surface area contributed by atoms with Crippen LogP contribution in [0.3, 0.4) is 0 Å². The van der Waals surface area contributed by atoms with Crippen LogP contribution in [-0.2, 0) is 4.79 Å². The van der Waals surface area contributed by atoms with Crippen molar-refractivity contribution in [1.29, 1.82) is 0 Å². The molecule has 2 aromatic heterocycles. The molecule has 0 saturated carbocycles. The number of aromatic amines is 1. The van der Waals surface area contributed by atoms with Crippen molar-refractivity contribution in [2.75, 3.05) is 20.2 Å². The number of carbonyl (C=O) groups excluding carboxylic acids is 2. The van der Waals surface area contributed by atoms with Crippen LogP contribution in [0, 0.1) is 11.7 Å². The topological polar surface area (TPSA) is 103 Å². The number of piperidine rings is 2. The maximum absolute atomic E-state index is 14.3. The number of ether oxygens (including phenoxy) is 1. The van der Waals surface area contributed by atoms with Crippen molar-refractivity contribution in [2.45, 2.75) is 75.8 Å². The molecule has 9 nitrogen and oxygen atoms in total. The molecule has 2 bridgehead atoms. The van der Waals surface area contributed by atoms with E-state index in [1.54, 1.807) is 11.8 Å². The van der Waals surface area contributed by atoms with E-state index in [4.69, 9.17) is 4.74 Å². The molecule has 13 heteroatoms. The number of aromatic nitrogens is 3. The predicted octanol–water partition coefficient (Wildman–Crippen LogP) is 3.53. The van der Waals surface area contributed by atoms with E-state index in [1.165, 1.54) is 24.1 Å². The molecule has 0 aliphatic carbocycles. The number of H-pyrrole nitrogens is 1. The molecule has 2 amide bonds. The van der Waals surface area contributed by atoms with Gasteiger partial charge < -0.3 is 15.0 Å². The zero-order valence-electron chi connectivity index (χ0n) is 21.8. The van der Waals surface area contributed by atoms with Crippen LogP contribution in [-0.4, -0.2) is 87.3 Å². The molecule has 39 heavy (non-hydrogen) atoms. The van der Waals surface area contributed by atoms with E-state index in [0.29, 0.717) is 18.5 Å². The number of likely N-dealkylation sites (tertiary alicyclic amines) is 1. The number of amides is 2. The Bertz CT molecular complexity index is 1210. The molecule has 0 spiro atoms. The zero-order valence-corrected chi connectivity index (χ0v) is 21.8. The predicted molar refractivity (Wildman–Crippen MR) is 132 cm³/mol. The molecule has 3 aliphatic rings. The summed E-state index contributed by atoms with van der Waals surface area (Å²) in [6.45, 7) is 2.12. The second-order valence-electron chi connectivity index (χ2n) is 10.6. The van der Waals surface area contributed by atoms with Crippen molar-refractivity contribution < 1.29 is 31.9 Å². The fourth-order valence-electron chi connectivity index (χ4n) is 6.36. The number of fused-ring (bicyclic) bond motifs is 2. The van der Waals surface area contributed by atoms with Gasteiger partial charge in [0.1, 0.15) is 6.04 Å². The Balaban J connectivity index is 1.21. The fourth-order valence-corrected chi connectivity index (χ4v) is 6.36. The van der Waals surface area contributed by atoms with E-state index >= 15 is 0 Å². The number of likely N-dealkylation sites (N-methyl/N-ethyl adjacent to an activating group) is 1. The van der Waals surface area contributed by atoms with Gasteiger partial charge in [-0.25, -0.2) is 9.37 Å². The number of hydrogen-bond acceptors (Lipinski definition) is 6. The van der Waals surface area contributed by atoms with Crippen LogP contribution in [0.4, 0.5) is 17.6 Å². The van der Waals surface area contributed by atoms with Gasteiger partial charge >= 0.3 is 6.18 Å². The fraction of sp³-hybridized carbons (Fsp3) is 0.615. The standard InChI is InChI=1S/C26H32F4N6O3/c1-3-35-13-15(4-7-22(35)26(28,29)30)32-24(37)14-8-16-5-6-17(9-14)36(16)25(38)21-11-20(33-34-21)18-10-23(39-2)31-12-19(18)27/h10-12,14-17,22H,3-9,13H2,1-2H3,(H,32,37)(H,33,34)/t14-,15-,16-,17+,22-/m1/s1. The monoisotopic (exact) mass is 552 g/mol. The lowest BCUT2D eigenvalue weighted by Crippen LogP contribution is -2.57. The number of carbonyl (C=O) groups is 2. The molecule has 0 unspecified atom stereocenters. The Morgan fingerprint density at radius 1 is 1.15 bits per heavy atom. The summed E-state index contributed by atoms with van der Waals surface area (Å²) in [4.78, 5) is 33.5. The lowest BCUT2D eigenvalue weighted by molar-refractivity contribution is -0.192. The summed E-state index contributed by atoms with van der Waals surface area (Å²) in [6, 6.07) is 0.828. The first-order valence-corrected chi connectivity index (χ1v) is 13.3. The summed E-state index contributed by atoms with van der Waals surface area (Å²) in [6.07, 6.45) is -0.521. The molecule has 5 heterocycles. The molecule has 3 aliphatic heterocycles. The zero-order chi connectivity index (χ0) is 27.9. The first-order valence-electron chi connectivity index (χ1n) is 13.3. The minimum Gasteiger partial charge on any atom is -0.481 e. The van der Waals surface area contributed by atoms with E-state index in [1.807, 2.05) is 0 Å². The van der Waals surface area contributed by atoms with Gasteiger partial charge in [0.15, 0.2) is 11.5 Å². The summed E-state index contributed by atoms with van der Waals surface area (Å²) >= 11 is 0. The highest BCUT2D eigenvalue weighted by Gasteiger charge is 2.48. The number of methoxy groups -OCH3 is 1. The molecule has 0 radical (unpaired) electrons. The van der Waals surface area contributed by atoms with Crippen LogP contribution in [0.15, 0.2) is 18.3 Å². The van der Waals surface area contributed by atoms with Crippen molar-refractivity contribution in [1.82, 2.24) is 30.3 Å². The molecule has 212 valence electrons. The third kappa shape index (κ3) is 5.45. The molecule has 2 aromatic rings. The van der Waals surface area contributed by atoms with Crippen LogP contribution >= 0.6 is 0 Å². The number of pyridine rings is 1. The molecule has 5 atom stereocenters. The third-order valence-electron chi connectivity index (χ3n) is 8.28. The number of rotatable bonds is 6. The van der Waals surface area contributed by atoms with Gasteiger partial charge in [0.25, 0.3) is 5.91 Å². The highest BCUT2D eigenvalue weighted by molar-refractivity contribution is 5.94. The molecule has 3 saturated heterocycles. The number of halogens is 4. The first-order chi connectivity index (χ1) is 18.6. The Kier molecular flexibility index (Phi) is 7.53. The molecule has 2 N–H and O–H groups in total. The summed E-state index contributed by atoms with van der Waals surface area (Å²) in [5.41, 5.74) is 0.651. The van der Waals surface area contributed by atoms with Crippen molar-refractivity contribution in [3.63, 3.8) is 0 Å². The minimum absolute atomic E-state index is 0.0394. The maximum Gasteiger partial charge on any atom is 0.404 e. The van der Waals surface area contributed by atoms with E-state index in [2.05, 4.69) is 20.5 Å². The third-order valence-corrected chi connectivity index (χ3v) is 8.28. The normalized spacial score (nSPS) is 27.4. The minimum atomic E-state index is -4.28. The van der Waals surface area contributed by atoms with Crippen LogP contribution in [0.25, 0.3) is 11.3 Å². The van der Waals surface area contributed by atoms with Gasteiger partial charge in [0.2, 0.25) is 11.8 Å². The van der Waals surface area contributed by atoms with Gasteiger partial charge in [-0.2, -0.15) is 18.3 Å². The molecule has 3 fully saturated rings. The highest BCUT2D eigenvalue weighted by atomic mass is 19.4. The lowest BCUT2D eigenvalue weighted by atomic mass is 9.88. The average molecular weight is 553 g/mol. The van der Waals surface area contributed by atoms with Crippen LogP contribution < -0.4 is 10.1 Å². The van der Waals surface area contributed by atoms with Crippen LogP contribution in [0.1, 0.15) is 55.9 Å². The second-order valence-corrected chi connectivity index (χ2v) is 10.6. The summed E-state index contributed by atoms with van der Waals surface area (Å²) in [5, 5.41) is 9.83. The SMILES string of the molecule is CCN1C[C@H](NC(=O)[C@@H]2C[C@H]3CC[C@@H](C2)N3C(=O)c2cc(-c3cc(OC)ncc3F)[nH]n2)CC[C@@H]1C(F)(F)F. The van der Waals surface area contributed by atoms with Gasteiger partial charge in [-0.1, -0.05) is 6.92 Å². The van der Waals surface area contributed by atoms with E-state index in [0.717, 1.165) is 19.0 Å². The maximum atomic E-state index is 14.3. The second kappa shape index (κ2) is 10.7. The number of nitrogens with zero attached hydrogens (tertiary/aromatic N) is 4. The molecule has 5 rings (SSSR count). The average Bonchev–Trinajstić information content (AvgIpc) is 3.50. The highest BCUT2D eigenvalue weighted by Crippen LogP contribution is 2.40. The Morgan fingerprint density at radius 2 is 1.87 bits per heavy atom. The first kappa shape index (κ1) is 27.4. The molecule has 0 aromatic carbocycles. The van der Waals surface area contributed by atoms with Gasteiger partial charge in [-0.05, 0) is 51.1 Å². The largest absolute Gasteiger partial charge is 0.481 e.